The minimum atomic E-state index is -0.445. The SMILES string of the molecule is O=C1CCC[C@@H](C(=O)NC[C@@H](c2ccc(Cl)cc2)n2ccnc2)N1. The van der Waals surface area contributed by atoms with Gasteiger partial charge in [-0.15, -0.1) is 0 Å². The number of hydrogen-bond acceptors (Lipinski definition) is 3. The fourth-order valence-corrected chi connectivity index (χ4v) is 2.98. The summed E-state index contributed by atoms with van der Waals surface area (Å²) >= 11 is 5.95. The van der Waals surface area contributed by atoms with Crippen LogP contribution in [0.4, 0.5) is 0 Å². The van der Waals surface area contributed by atoms with Crippen LogP contribution in [0.25, 0.3) is 0 Å². The molecule has 1 aliphatic heterocycles. The molecule has 1 aromatic heterocycles. The molecule has 2 atom stereocenters. The molecule has 0 aliphatic carbocycles. The van der Waals surface area contributed by atoms with Crippen LogP contribution >= 0.6 is 11.6 Å². The minimum absolute atomic E-state index is 0.0646. The normalized spacial score (nSPS) is 18.7. The number of benzene rings is 1. The van der Waals surface area contributed by atoms with E-state index in [4.69, 9.17) is 11.6 Å². The van der Waals surface area contributed by atoms with Crippen molar-refractivity contribution in [2.24, 2.45) is 0 Å². The molecule has 2 aromatic rings. The van der Waals surface area contributed by atoms with Crippen LogP contribution in [-0.2, 0) is 9.59 Å². The van der Waals surface area contributed by atoms with Crippen molar-refractivity contribution in [1.29, 1.82) is 0 Å². The highest BCUT2D eigenvalue weighted by Gasteiger charge is 2.25. The third kappa shape index (κ3) is 3.94. The van der Waals surface area contributed by atoms with Gasteiger partial charge in [0.2, 0.25) is 11.8 Å². The Labute approximate surface area is 145 Å². The van der Waals surface area contributed by atoms with Crippen molar-refractivity contribution in [3.05, 3.63) is 53.6 Å². The van der Waals surface area contributed by atoms with Crippen LogP contribution in [0.1, 0.15) is 30.9 Å². The lowest BCUT2D eigenvalue weighted by molar-refractivity contribution is -0.131. The van der Waals surface area contributed by atoms with E-state index in [1.807, 2.05) is 35.0 Å². The predicted molar refractivity (Wildman–Crippen MR) is 90.6 cm³/mol. The summed E-state index contributed by atoms with van der Waals surface area (Å²) in [5.41, 5.74) is 1.02. The molecule has 0 saturated carbocycles. The van der Waals surface area contributed by atoms with Crippen LogP contribution in [-0.4, -0.2) is 34.0 Å². The van der Waals surface area contributed by atoms with Crippen molar-refractivity contribution >= 4 is 23.4 Å². The summed E-state index contributed by atoms with van der Waals surface area (Å²) in [7, 11) is 0. The number of amides is 2. The van der Waals surface area contributed by atoms with Crippen LogP contribution in [0.15, 0.2) is 43.0 Å². The van der Waals surface area contributed by atoms with Crippen LogP contribution in [0, 0.1) is 0 Å². The molecule has 6 nitrogen and oxygen atoms in total. The second-order valence-electron chi connectivity index (χ2n) is 5.83. The van der Waals surface area contributed by atoms with E-state index in [-0.39, 0.29) is 17.9 Å². The summed E-state index contributed by atoms with van der Waals surface area (Å²) in [5.74, 6) is -0.215. The van der Waals surface area contributed by atoms with Crippen molar-refractivity contribution in [1.82, 2.24) is 20.2 Å². The lowest BCUT2D eigenvalue weighted by Crippen LogP contribution is -2.49. The summed E-state index contributed by atoms with van der Waals surface area (Å²) < 4.78 is 1.93. The maximum atomic E-state index is 12.3. The summed E-state index contributed by atoms with van der Waals surface area (Å²) in [6, 6.07) is 6.98. The van der Waals surface area contributed by atoms with Gasteiger partial charge in [-0.1, -0.05) is 23.7 Å². The van der Waals surface area contributed by atoms with Gasteiger partial charge in [0.1, 0.15) is 6.04 Å². The zero-order chi connectivity index (χ0) is 16.9. The molecule has 1 saturated heterocycles. The molecule has 2 N–H and O–H groups in total. The average Bonchev–Trinajstić information content (AvgIpc) is 3.11. The number of nitrogens with zero attached hydrogens (tertiary/aromatic N) is 2. The fourth-order valence-electron chi connectivity index (χ4n) is 2.86. The van der Waals surface area contributed by atoms with E-state index in [1.165, 1.54) is 0 Å². The van der Waals surface area contributed by atoms with E-state index in [0.29, 0.717) is 24.4 Å². The molecule has 24 heavy (non-hydrogen) atoms. The van der Waals surface area contributed by atoms with Gasteiger partial charge >= 0.3 is 0 Å². The number of carbonyl (C=O) groups is 2. The Morgan fingerprint density at radius 1 is 1.42 bits per heavy atom. The van der Waals surface area contributed by atoms with Gasteiger partial charge in [-0.05, 0) is 30.5 Å². The largest absolute Gasteiger partial charge is 0.352 e. The molecule has 126 valence electrons. The smallest absolute Gasteiger partial charge is 0.242 e. The fraction of sp³-hybridized carbons (Fsp3) is 0.353. The molecule has 0 unspecified atom stereocenters. The topological polar surface area (TPSA) is 76.0 Å². The Bertz CT molecular complexity index is 700. The van der Waals surface area contributed by atoms with E-state index in [1.54, 1.807) is 12.5 Å². The quantitative estimate of drug-likeness (QED) is 0.868. The Balaban J connectivity index is 1.69. The van der Waals surface area contributed by atoms with Gasteiger partial charge in [-0.25, -0.2) is 4.98 Å². The molecule has 1 aromatic carbocycles. The second-order valence-corrected chi connectivity index (χ2v) is 6.27. The van der Waals surface area contributed by atoms with Crippen molar-refractivity contribution in [3.63, 3.8) is 0 Å². The number of halogens is 1. The van der Waals surface area contributed by atoms with Crippen LogP contribution in [0.5, 0.6) is 0 Å². The van der Waals surface area contributed by atoms with Gasteiger partial charge in [0, 0.05) is 30.4 Å². The van der Waals surface area contributed by atoms with Crippen molar-refractivity contribution in [2.45, 2.75) is 31.3 Å². The highest BCUT2D eigenvalue weighted by Crippen LogP contribution is 2.20. The number of rotatable bonds is 5. The monoisotopic (exact) mass is 346 g/mol. The zero-order valence-corrected chi connectivity index (χ0v) is 13.9. The van der Waals surface area contributed by atoms with Crippen LogP contribution in [0.3, 0.4) is 0 Å². The Morgan fingerprint density at radius 3 is 2.88 bits per heavy atom. The number of hydrogen-bond donors (Lipinski definition) is 2. The molecule has 0 spiro atoms. The van der Waals surface area contributed by atoms with Gasteiger partial charge < -0.3 is 15.2 Å². The van der Waals surface area contributed by atoms with E-state index >= 15 is 0 Å². The molecular formula is C17H19ClN4O2. The molecular weight excluding hydrogens is 328 g/mol. The van der Waals surface area contributed by atoms with Gasteiger partial charge in [0.25, 0.3) is 0 Å². The first-order chi connectivity index (χ1) is 11.6. The molecule has 1 aliphatic rings. The number of nitrogens with one attached hydrogen (secondary N) is 2. The average molecular weight is 347 g/mol. The summed E-state index contributed by atoms with van der Waals surface area (Å²) in [4.78, 5) is 27.9. The first kappa shape index (κ1) is 16.5. The zero-order valence-electron chi connectivity index (χ0n) is 13.1. The van der Waals surface area contributed by atoms with E-state index in [9.17, 15) is 9.59 Å². The first-order valence-corrected chi connectivity index (χ1v) is 8.31. The number of carbonyl (C=O) groups excluding carboxylic acids is 2. The molecule has 3 rings (SSSR count). The molecule has 1 fully saturated rings. The summed E-state index contributed by atoms with van der Waals surface area (Å²) in [6.45, 7) is 0.406. The van der Waals surface area contributed by atoms with Gasteiger partial charge in [0.15, 0.2) is 0 Å². The Morgan fingerprint density at radius 2 is 2.21 bits per heavy atom. The van der Waals surface area contributed by atoms with E-state index in [2.05, 4.69) is 15.6 Å². The second kappa shape index (κ2) is 7.49. The predicted octanol–water partition coefficient (Wildman–Crippen LogP) is 1.91. The third-order valence-corrected chi connectivity index (χ3v) is 4.41. The first-order valence-electron chi connectivity index (χ1n) is 7.93. The van der Waals surface area contributed by atoms with Crippen molar-refractivity contribution in [3.8, 4) is 0 Å². The minimum Gasteiger partial charge on any atom is -0.352 e. The molecule has 0 bridgehead atoms. The lowest BCUT2D eigenvalue weighted by Gasteiger charge is -2.25. The van der Waals surface area contributed by atoms with Gasteiger partial charge in [0.05, 0.1) is 12.4 Å². The van der Waals surface area contributed by atoms with E-state index < -0.39 is 6.04 Å². The number of aromatic nitrogens is 2. The lowest BCUT2D eigenvalue weighted by atomic mass is 10.0. The van der Waals surface area contributed by atoms with Crippen LogP contribution in [0.2, 0.25) is 5.02 Å². The highest BCUT2D eigenvalue weighted by molar-refractivity contribution is 6.30. The maximum absolute atomic E-state index is 12.3. The van der Waals surface area contributed by atoms with Crippen LogP contribution < -0.4 is 10.6 Å². The van der Waals surface area contributed by atoms with Crippen molar-refractivity contribution in [2.75, 3.05) is 6.54 Å². The highest BCUT2D eigenvalue weighted by atomic mass is 35.5. The maximum Gasteiger partial charge on any atom is 0.242 e. The molecule has 7 heteroatoms. The standard InChI is InChI=1S/C17H19ClN4O2/c18-13-6-4-12(5-7-13)15(22-9-8-19-11-22)10-20-17(24)14-2-1-3-16(23)21-14/h4-9,11,14-15H,1-3,10H2,(H,20,24)(H,21,23)/t14-,15-/m0/s1. The molecule has 2 amide bonds. The summed E-state index contributed by atoms with van der Waals surface area (Å²) in [5, 5.41) is 6.34. The molecule has 0 radical (unpaired) electrons. The number of piperidine rings is 1. The summed E-state index contributed by atoms with van der Waals surface area (Å²) in [6.07, 6.45) is 7.18. The van der Waals surface area contributed by atoms with E-state index in [0.717, 1.165) is 12.0 Å². The molecule has 2 heterocycles. The Hall–Kier alpha value is -2.34. The van der Waals surface area contributed by atoms with Gasteiger partial charge in [-0.2, -0.15) is 0 Å². The number of imidazole rings is 1. The Kier molecular flexibility index (Phi) is 5.15. The van der Waals surface area contributed by atoms with Crippen molar-refractivity contribution < 1.29 is 9.59 Å². The van der Waals surface area contributed by atoms with Gasteiger partial charge in [-0.3, -0.25) is 9.59 Å². The third-order valence-electron chi connectivity index (χ3n) is 4.16.